The van der Waals surface area contributed by atoms with Crippen molar-refractivity contribution in [3.05, 3.63) is 75.5 Å². The third-order valence-electron chi connectivity index (χ3n) is 4.94. The molecule has 1 aliphatic rings. The van der Waals surface area contributed by atoms with Gasteiger partial charge in [-0.15, -0.1) is 0 Å². The zero-order valence-electron chi connectivity index (χ0n) is 15.7. The van der Waals surface area contributed by atoms with Crippen LogP contribution in [0.3, 0.4) is 0 Å². The first-order valence-electron chi connectivity index (χ1n) is 9.37. The van der Waals surface area contributed by atoms with E-state index in [0.29, 0.717) is 17.3 Å². The summed E-state index contributed by atoms with van der Waals surface area (Å²) in [5, 5.41) is 33.8. The Balaban J connectivity index is 1.62. The molecular formula is C20H19F2N5O3. The van der Waals surface area contributed by atoms with Crippen molar-refractivity contribution in [1.29, 1.82) is 0 Å². The summed E-state index contributed by atoms with van der Waals surface area (Å²) in [6.45, 7) is -0.394. The van der Waals surface area contributed by atoms with E-state index in [1.54, 1.807) is 6.07 Å². The zero-order valence-corrected chi connectivity index (χ0v) is 15.7. The maximum atomic E-state index is 14.6. The van der Waals surface area contributed by atoms with Crippen LogP contribution < -0.4 is 10.6 Å². The van der Waals surface area contributed by atoms with Crippen molar-refractivity contribution in [3.8, 4) is 0 Å². The lowest BCUT2D eigenvalue weighted by Crippen LogP contribution is -2.16. The van der Waals surface area contributed by atoms with Crippen LogP contribution in [0, 0.1) is 21.7 Å². The Morgan fingerprint density at radius 1 is 1.20 bits per heavy atom. The molecule has 0 bridgehead atoms. The second-order valence-electron chi connectivity index (χ2n) is 7.15. The number of anilines is 3. The van der Waals surface area contributed by atoms with E-state index in [1.807, 2.05) is 0 Å². The molecule has 30 heavy (non-hydrogen) atoms. The molecule has 0 saturated heterocycles. The van der Waals surface area contributed by atoms with Crippen molar-refractivity contribution in [2.45, 2.75) is 24.8 Å². The second kappa shape index (κ2) is 8.07. The first-order chi connectivity index (χ1) is 14.4. The van der Waals surface area contributed by atoms with Gasteiger partial charge in [0.25, 0.3) is 5.69 Å². The fourth-order valence-electron chi connectivity index (χ4n) is 3.18. The number of benzene rings is 2. The highest BCUT2D eigenvalue weighted by Crippen LogP contribution is 2.40. The summed E-state index contributed by atoms with van der Waals surface area (Å²) in [7, 11) is 0. The van der Waals surface area contributed by atoms with Crippen LogP contribution in [0.1, 0.15) is 36.1 Å². The lowest BCUT2D eigenvalue weighted by atomic mass is 10.1. The van der Waals surface area contributed by atoms with Crippen LogP contribution in [0.4, 0.5) is 31.7 Å². The summed E-state index contributed by atoms with van der Waals surface area (Å²) < 4.78 is 27.7. The quantitative estimate of drug-likeness (QED) is 0.321. The molecule has 4 N–H and O–H groups in total. The number of rotatable bonds is 8. The van der Waals surface area contributed by atoms with Gasteiger partial charge in [-0.3, -0.25) is 15.2 Å². The Morgan fingerprint density at radius 2 is 1.93 bits per heavy atom. The Morgan fingerprint density at radius 3 is 2.57 bits per heavy atom. The largest absolute Gasteiger partial charge is 0.394 e. The van der Waals surface area contributed by atoms with Gasteiger partial charge in [-0.25, -0.2) is 8.78 Å². The summed E-state index contributed by atoms with van der Waals surface area (Å²) in [6, 6.07) is 8.49. The molecule has 10 heteroatoms. The molecule has 0 spiro atoms. The molecule has 0 radical (unpaired) electrons. The Hall–Kier alpha value is -3.53. The maximum Gasteiger partial charge on any atom is 0.295 e. The molecule has 1 unspecified atom stereocenters. The number of nitro groups is 1. The number of H-pyrrole nitrogens is 1. The lowest BCUT2D eigenvalue weighted by Gasteiger charge is -2.19. The number of hydrogen-bond donors (Lipinski definition) is 4. The summed E-state index contributed by atoms with van der Waals surface area (Å²) in [5.74, 6) is -0.481. The zero-order chi connectivity index (χ0) is 21.3. The van der Waals surface area contributed by atoms with Crippen LogP contribution in [0.5, 0.6) is 0 Å². The summed E-state index contributed by atoms with van der Waals surface area (Å²) in [4.78, 5) is 10.7. The fraction of sp³-hybridized carbons (Fsp3) is 0.250. The van der Waals surface area contributed by atoms with Gasteiger partial charge in [-0.2, -0.15) is 5.10 Å². The number of aliphatic hydroxyl groups excluding tert-OH is 1. The van der Waals surface area contributed by atoms with E-state index >= 15 is 0 Å². The molecule has 8 nitrogen and oxygen atoms in total. The highest BCUT2D eigenvalue weighted by Gasteiger charge is 2.26. The Kier molecular flexibility index (Phi) is 5.32. The monoisotopic (exact) mass is 415 g/mol. The SMILES string of the molecule is O=[N+]([O-])c1cc(F)c(NC(CO)c2ccc(F)cc2)cc1Nc1cc(C2CC2)[nH]n1. The molecule has 3 aromatic rings. The molecule has 2 aromatic carbocycles. The number of nitro benzene ring substituents is 1. The minimum Gasteiger partial charge on any atom is -0.394 e. The fourth-order valence-corrected chi connectivity index (χ4v) is 3.18. The van der Waals surface area contributed by atoms with Crippen molar-refractivity contribution in [3.63, 3.8) is 0 Å². The first-order valence-corrected chi connectivity index (χ1v) is 9.37. The van der Waals surface area contributed by atoms with Crippen LogP contribution in [-0.2, 0) is 0 Å². The predicted octanol–water partition coefficient (Wildman–Crippen LogP) is 4.36. The standard InChI is InChI=1S/C20H19F2N5O3/c21-13-5-3-12(4-6-13)18(10-28)23-16-8-17(19(27(29)30)7-14(16)22)24-20-9-15(25-26-20)11-1-2-11/h3-9,11,18,23,28H,1-2,10H2,(H2,24,25,26). The van der Waals surface area contributed by atoms with Gasteiger partial charge in [0, 0.05) is 17.7 Å². The van der Waals surface area contributed by atoms with Gasteiger partial charge in [0.15, 0.2) is 11.6 Å². The Bertz CT molecular complexity index is 1070. The Labute approximate surface area is 170 Å². The minimum absolute atomic E-state index is 0.0496. The van der Waals surface area contributed by atoms with Gasteiger partial charge >= 0.3 is 0 Å². The molecular weight excluding hydrogens is 396 g/mol. The van der Waals surface area contributed by atoms with Crippen molar-refractivity contribution in [2.75, 3.05) is 17.2 Å². The molecule has 0 amide bonds. The first kappa shape index (κ1) is 19.8. The summed E-state index contributed by atoms with van der Waals surface area (Å²) in [6.07, 6.45) is 2.14. The van der Waals surface area contributed by atoms with Crippen LogP contribution >= 0.6 is 0 Å². The van der Waals surface area contributed by atoms with E-state index in [-0.39, 0.29) is 11.4 Å². The van der Waals surface area contributed by atoms with Crippen LogP contribution in [0.25, 0.3) is 0 Å². The van der Waals surface area contributed by atoms with E-state index in [1.165, 1.54) is 30.3 Å². The van der Waals surface area contributed by atoms with Crippen LogP contribution in [-0.4, -0.2) is 26.8 Å². The van der Waals surface area contributed by atoms with Crippen molar-refractivity contribution in [1.82, 2.24) is 10.2 Å². The number of halogens is 2. The molecule has 0 aliphatic heterocycles. The van der Waals surface area contributed by atoms with Crippen molar-refractivity contribution < 1.29 is 18.8 Å². The molecule has 1 aliphatic carbocycles. The number of nitrogens with zero attached hydrogens (tertiary/aromatic N) is 2. The number of aromatic amines is 1. The highest BCUT2D eigenvalue weighted by atomic mass is 19.1. The van der Waals surface area contributed by atoms with Gasteiger partial charge in [-0.05, 0) is 36.6 Å². The normalized spacial score (nSPS) is 14.4. The van der Waals surface area contributed by atoms with Gasteiger partial charge in [0.2, 0.25) is 0 Å². The van der Waals surface area contributed by atoms with Gasteiger partial charge in [-0.1, -0.05) is 12.1 Å². The van der Waals surface area contributed by atoms with Gasteiger partial charge < -0.3 is 15.7 Å². The van der Waals surface area contributed by atoms with E-state index in [2.05, 4.69) is 20.8 Å². The van der Waals surface area contributed by atoms with Gasteiger partial charge in [0.05, 0.1) is 29.3 Å². The molecule has 1 saturated carbocycles. The third kappa shape index (κ3) is 4.23. The topological polar surface area (TPSA) is 116 Å². The second-order valence-corrected chi connectivity index (χ2v) is 7.15. The van der Waals surface area contributed by atoms with E-state index in [9.17, 15) is 24.0 Å². The molecule has 4 rings (SSSR count). The number of hydrogen-bond acceptors (Lipinski definition) is 6. The summed E-state index contributed by atoms with van der Waals surface area (Å²) in [5.41, 5.74) is 1.03. The smallest absolute Gasteiger partial charge is 0.295 e. The number of aliphatic hydroxyl groups is 1. The molecule has 1 aromatic heterocycles. The number of nitrogens with one attached hydrogen (secondary N) is 3. The highest BCUT2D eigenvalue weighted by molar-refractivity contribution is 5.73. The van der Waals surface area contributed by atoms with Gasteiger partial charge in [0.1, 0.15) is 11.5 Å². The summed E-state index contributed by atoms with van der Waals surface area (Å²) >= 11 is 0. The number of aromatic nitrogens is 2. The van der Waals surface area contributed by atoms with Crippen LogP contribution in [0.2, 0.25) is 0 Å². The van der Waals surface area contributed by atoms with E-state index in [4.69, 9.17) is 0 Å². The molecule has 156 valence electrons. The van der Waals surface area contributed by atoms with Crippen LogP contribution in [0.15, 0.2) is 42.5 Å². The predicted molar refractivity (Wildman–Crippen MR) is 107 cm³/mol. The lowest BCUT2D eigenvalue weighted by molar-refractivity contribution is -0.384. The van der Waals surface area contributed by atoms with Crippen molar-refractivity contribution >= 4 is 22.9 Å². The maximum absolute atomic E-state index is 14.6. The minimum atomic E-state index is -0.853. The molecule has 1 atom stereocenters. The van der Waals surface area contributed by atoms with E-state index in [0.717, 1.165) is 24.6 Å². The van der Waals surface area contributed by atoms with E-state index < -0.39 is 34.9 Å². The average molecular weight is 415 g/mol. The van der Waals surface area contributed by atoms with Crippen molar-refractivity contribution in [2.24, 2.45) is 0 Å². The third-order valence-corrected chi connectivity index (χ3v) is 4.94. The molecule has 1 fully saturated rings. The average Bonchev–Trinajstić information content (AvgIpc) is 3.47. The molecule has 1 heterocycles.